The second-order valence-corrected chi connectivity index (χ2v) is 6.29. The molecule has 0 aliphatic rings. The first-order valence-corrected chi connectivity index (χ1v) is 8.06. The van der Waals surface area contributed by atoms with Crippen LogP contribution >= 0.6 is 38.5 Å². The third-order valence-corrected chi connectivity index (χ3v) is 3.93. The lowest BCUT2D eigenvalue weighted by molar-refractivity contribution is 0.926. The second kappa shape index (κ2) is 7.19. The van der Waals surface area contributed by atoms with Crippen LogP contribution in [0, 0.1) is 3.57 Å². The molecule has 0 amide bonds. The Labute approximate surface area is 135 Å². The van der Waals surface area contributed by atoms with Crippen molar-refractivity contribution >= 4 is 44.3 Å². The Morgan fingerprint density at radius 2 is 2.00 bits per heavy atom. The minimum atomic E-state index is 0.755. The molecule has 0 fully saturated rings. The number of nitrogens with one attached hydrogen (secondary N) is 1. The number of halogens is 2. The molecular weight excluding hydrogens is 417 g/mol. The van der Waals surface area contributed by atoms with Gasteiger partial charge in [-0.1, -0.05) is 35.0 Å². The van der Waals surface area contributed by atoms with E-state index < -0.39 is 0 Å². The summed E-state index contributed by atoms with van der Waals surface area (Å²) in [6.07, 6.45) is 3.72. The summed E-state index contributed by atoms with van der Waals surface area (Å²) in [7, 11) is 0. The van der Waals surface area contributed by atoms with Crippen LogP contribution in [-0.4, -0.2) is 16.5 Å². The summed E-state index contributed by atoms with van der Waals surface area (Å²) in [4.78, 5) is 8.98. The Morgan fingerprint density at radius 3 is 2.68 bits per heavy atom. The molecule has 0 spiro atoms. The fraction of sp³-hybridized carbons (Fsp3) is 0.286. The number of hydrogen-bond acceptors (Lipinski definition) is 3. The molecule has 100 valence electrons. The molecule has 0 saturated carbocycles. The number of anilines is 1. The van der Waals surface area contributed by atoms with E-state index in [2.05, 4.69) is 72.9 Å². The quantitative estimate of drug-likeness (QED) is 0.719. The van der Waals surface area contributed by atoms with E-state index in [0.717, 1.165) is 39.1 Å². The van der Waals surface area contributed by atoms with E-state index in [9.17, 15) is 0 Å². The Bertz CT molecular complexity index is 543. The fourth-order valence-corrected chi connectivity index (χ4v) is 2.36. The van der Waals surface area contributed by atoms with Crippen LogP contribution in [0.5, 0.6) is 0 Å². The van der Waals surface area contributed by atoms with Crippen molar-refractivity contribution in [3.8, 4) is 0 Å². The summed E-state index contributed by atoms with van der Waals surface area (Å²) >= 11 is 5.70. The molecular formula is C14H15BrIN3. The van der Waals surface area contributed by atoms with Crippen molar-refractivity contribution in [2.75, 3.05) is 11.9 Å². The van der Waals surface area contributed by atoms with Gasteiger partial charge >= 0.3 is 0 Å². The normalized spacial score (nSPS) is 10.5. The van der Waals surface area contributed by atoms with Gasteiger partial charge in [0.15, 0.2) is 0 Å². The number of aromatic nitrogens is 2. The van der Waals surface area contributed by atoms with Crippen molar-refractivity contribution in [3.05, 3.63) is 49.9 Å². The Morgan fingerprint density at radius 1 is 1.26 bits per heavy atom. The molecule has 0 unspecified atom stereocenters. The van der Waals surface area contributed by atoms with Crippen LogP contribution in [0.3, 0.4) is 0 Å². The molecule has 2 aromatic rings. The average molecular weight is 432 g/mol. The summed E-state index contributed by atoms with van der Waals surface area (Å²) < 4.78 is 2.15. The van der Waals surface area contributed by atoms with Gasteiger partial charge in [-0.25, -0.2) is 9.97 Å². The minimum absolute atomic E-state index is 0.755. The van der Waals surface area contributed by atoms with Crippen molar-refractivity contribution in [1.29, 1.82) is 0 Å². The van der Waals surface area contributed by atoms with Crippen LogP contribution in [0.2, 0.25) is 0 Å². The van der Waals surface area contributed by atoms with Crippen molar-refractivity contribution in [3.63, 3.8) is 0 Å². The molecule has 1 heterocycles. The van der Waals surface area contributed by atoms with Crippen LogP contribution in [-0.2, 0) is 6.42 Å². The maximum absolute atomic E-state index is 4.59. The van der Waals surface area contributed by atoms with Gasteiger partial charge in [-0.05, 0) is 46.7 Å². The van der Waals surface area contributed by atoms with Gasteiger partial charge in [0.05, 0.1) is 3.57 Å². The first-order chi connectivity index (χ1) is 9.19. The molecule has 0 bridgehead atoms. The first kappa shape index (κ1) is 14.7. The van der Waals surface area contributed by atoms with Gasteiger partial charge in [0.25, 0.3) is 0 Å². The standard InChI is InChI=1S/C14H15BrIN3/c1-2-7-17-14-12(16)9-18-13(19-14)8-10-3-5-11(15)6-4-10/h3-6,9H,2,7-8H2,1H3,(H,17,18,19). The third-order valence-electron chi connectivity index (χ3n) is 2.61. The highest BCUT2D eigenvalue weighted by Gasteiger charge is 2.05. The molecule has 1 aromatic carbocycles. The highest BCUT2D eigenvalue weighted by atomic mass is 127. The smallest absolute Gasteiger partial charge is 0.143 e. The largest absolute Gasteiger partial charge is 0.369 e. The predicted molar refractivity (Wildman–Crippen MR) is 90.5 cm³/mol. The van der Waals surface area contributed by atoms with E-state index in [4.69, 9.17) is 0 Å². The van der Waals surface area contributed by atoms with Crippen LogP contribution in [0.15, 0.2) is 34.9 Å². The average Bonchev–Trinajstić information content (AvgIpc) is 2.42. The molecule has 0 saturated heterocycles. The highest BCUT2D eigenvalue weighted by molar-refractivity contribution is 14.1. The first-order valence-electron chi connectivity index (χ1n) is 6.18. The number of benzene rings is 1. The minimum Gasteiger partial charge on any atom is -0.369 e. The second-order valence-electron chi connectivity index (χ2n) is 4.21. The molecule has 1 N–H and O–H groups in total. The van der Waals surface area contributed by atoms with E-state index in [1.165, 1.54) is 5.56 Å². The third kappa shape index (κ3) is 4.42. The molecule has 0 aliphatic carbocycles. The van der Waals surface area contributed by atoms with Gasteiger partial charge in [0.1, 0.15) is 11.6 Å². The molecule has 0 aliphatic heterocycles. The fourth-order valence-electron chi connectivity index (χ4n) is 1.64. The molecule has 3 nitrogen and oxygen atoms in total. The van der Waals surface area contributed by atoms with Gasteiger partial charge in [-0.15, -0.1) is 0 Å². The van der Waals surface area contributed by atoms with Crippen LogP contribution in [0.4, 0.5) is 5.82 Å². The molecule has 0 atom stereocenters. The Kier molecular flexibility index (Phi) is 5.57. The van der Waals surface area contributed by atoms with Crippen molar-refractivity contribution < 1.29 is 0 Å². The molecule has 19 heavy (non-hydrogen) atoms. The Balaban J connectivity index is 2.14. The van der Waals surface area contributed by atoms with Gasteiger partial charge in [-0.2, -0.15) is 0 Å². The monoisotopic (exact) mass is 431 g/mol. The lowest BCUT2D eigenvalue weighted by atomic mass is 10.1. The zero-order valence-electron chi connectivity index (χ0n) is 10.7. The lowest BCUT2D eigenvalue weighted by Gasteiger charge is -2.08. The van der Waals surface area contributed by atoms with Crippen molar-refractivity contribution in [1.82, 2.24) is 9.97 Å². The highest BCUT2D eigenvalue weighted by Crippen LogP contribution is 2.17. The molecule has 2 rings (SSSR count). The molecule has 0 radical (unpaired) electrons. The SMILES string of the molecule is CCCNc1nc(Cc2ccc(Br)cc2)ncc1I. The van der Waals surface area contributed by atoms with Crippen molar-refractivity contribution in [2.24, 2.45) is 0 Å². The van der Waals surface area contributed by atoms with Crippen molar-refractivity contribution in [2.45, 2.75) is 19.8 Å². The Hall–Kier alpha value is -0.690. The van der Waals surface area contributed by atoms with Crippen LogP contribution in [0.25, 0.3) is 0 Å². The van der Waals surface area contributed by atoms with E-state index in [1.54, 1.807) is 0 Å². The van der Waals surface area contributed by atoms with Gasteiger partial charge < -0.3 is 5.32 Å². The van der Waals surface area contributed by atoms with E-state index in [-0.39, 0.29) is 0 Å². The maximum Gasteiger partial charge on any atom is 0.143 e. The molecule has 5 heteroatoms. The summed E-state index contributed by atoms with van der Waals surface area (Å²) in [6.45, 7) is 3.08. The number of hydrogen-bond donors (Lipinski definition) is 1. The number of nitrogens with zero attached hydrogens (tertiary/aromatic N) is 2. The van der Waals surface area contributed by atoms with Crippen LogP contribution < -0.4 is 5.32 Å². The van der Waals surface area contributed by atoms with E-state index in [0.29, 0.717) is 0 Å². The van der Waals surface area contributed by atoms with Crippen LogP contribution in [0.1, 0.15) is 24.7 Å². The predicted octanol–water partition coefficient (Wildman–Crippen LogP) is 4.26. The molecule has 1 aromatic heterocycles. The summed E-state index contributed by atoms with van der Waals surface area (Å²) in [5.74, 6) is 1.78. The zero-order chi connectivity index (χ0) is 13.7. The lowest BCUT2D eigenvalue weighted by Crippen LogP contribution is -2.07. The zero-order valence-corrected chi connectivity index (χ0v) is 14.4. The topological polar surface area (TPSA) is 37.8 Å². The van der Waals surface area contributed by atoms with E-state index >= 15 is 0 Å². The summed E-state index contributed by atoms with van der Waals surface area (Å²) in [5, 5.41) is 3.33. The maximum atomic E-state index is 4.59. The van der Waals surface area contributed by atoms with Gasteiger partial charge in [-0.3, -0.25) is 0 Å². The van der Waals surface area contributed by atoms with Gasteiger partial charge in [0.2, 0.25) is 0 Å². The van der Waals surface area contributed by atoms with Gasteiger partial charge in [0, 0.05) is 23.6 Å². The summed E-state index contributed by atoms with van der Waals surface area (Å²) in [6, 6.07) is 8.26. The van der Waals surface area contributed by atoms with E-state index in [1.807, 2.05) is 18.3 Å². The number of rotatable bonds is 5. The summed E-state index contributed by atoms with van der Waals surface area (Å²) in [5.41, 5.74) is 1.21.